The number of hydrogen-bond acceptors (Lipinski definition) is 5. The molecule has 0 atom stereocenters. The van der Waals surface area contributed by atoms with Crippen LogP contribution < -0.4 is 10.1 Å². The first-order chi connectivity index (χ1) is 12.2. The molecule has 0 spiro atoms. The van der Waals surface area contributed by atoms with E-state index >= 15 is 0 Å². The van der Waals surface area contributed by atoms with Gasteiger partial charge in [-0.2, -0.15) is 0 Å². The van der Waals surface area contributed by atoms with Crippen LogP contribution in [0.15, 0.2) is 58.7 Å². The Bertz CT molecular complexity index is 910. The lowest BCUT2D eigenvalue weighted by molar-refractivity contribution is -0.111. The maximum atomic E-state index is 12.0. The highest BCUT2D eigenvalue weighted by Gasteiger charge is 2.08. The van der Waals surface area contributed by atoms with E-state index in [1.54, 1.807) is 25.6 Å². The second-order valence-electron chi connectivity index (χ2n) is 5.00. The minimum absolute atomic E-state index is 0.235. The summed E-state index contributed by atoms with van der Waals surface area (Å²) in [6.45, 7) is 0. The van der Waals surface area contributed by atoms with E-state index in [9.17, 15) is 4.79 Å². The number of anilines is 1. The van der Waals surface area contributed by atoms with Gasteiger partial charge in [0.15, 0.2) is 5.13 Å². The fourth-order valence-corrected chi connectivity index (χ4v) is 3.35. The number of aromatic nitrogens is 2. The number of halogens is 1. The van der Waals surface area contributed by atoms with Gasteiger partial charge in [0, 0.05) is 29.4 Å². The number of pyridine rings is 1. The summed E-state index contributed by atoms with van der Waals surface area (Å²) >= 11 is 4.84. The third-order valence-electron chi connectivity index (χ3n) is 3.29. The average molecular weight is 416 g/mol. The molecule has 2 aromatic heterocycles. The zero-order chi connectivity index (χ0) is 17.6. The molecule has 7 heteroatoms. The van der Waals surface area contributed by atoms with E-state index in [-0.39, 0.29) is 5.91 Å². The lowest BCUT2D eigenvalue weighted by atomic mass is 10.2. The maximum Gasteiger partial charge on any atom is 0.250 e. The third kappa shape index (κ3) is 4.52. The van der Waals surface area contributed by atoms with Crippen molar-refractivity contribution in [2.24, 2.45) is 0 Å². The molecule has 3 rings (SSSR count). The Morgan fingerprint density at radius 1 is 1.36 bits per heavy atom. The van der Waals surface area contributed by atoms with Crippen molar-refractivity contribution in [2.75, 3.05) is 12.4 Å². The maximum absolute atomic E-state index is 12.0. The molecule has 0 unspecified atom stereocenters. The van der Waals surface area contributed by atoms with Gasteiger partial charge in [-0.25, -0.2) is 4.98 Å². The largest absolute Gasteiger partial charge is 0.496 e. The standard InChI is InChI=1S/C18H14BrN3O2S/c1-24-16-6-5-13(9-14(16)19)15-11-25-18(21-15)22-17(23)7-4-12-3-2-8-20-10-12/h2-11H,1H3,(H,21,22,23)/b7-4+. The molecule has 0 radical (unpaired) electrons. The van der Waals surface area contributed by atoms with Crippen LogP contribution in [0.5, 0.6) is 5.75 Å². The van der Waals surface area contributed by atoms with Crippen LogP contribution in [0.4, 0.5) is 5.13 Å². The first kappa shape index (κ1) is 17.3. The molecule has 3 aromatic rings. The molecule has 1 N–H and O–H groups in total. The minimum atomic E-state index is -0.235. The van der Waals surface area contributed by atoms with E-state index in [0.29, 0.717) is 5.13 Å². The molecule has 5 nitrogen and oxygen atoms in total. The van der Waals surface area contributed by atoms with Gasteiger partial charge < -0.3 is 4.74 Å². The van der Waals surface area contributed by atoms with E-state index in [1.807, 2.05) is 35.7 Å². The van der Waals surface area contributed by atoms with E-state index in [2.05, 4.69) is 31.2 Å². The van der Waals surface area contributed by atoms with Gasteiger partial charge in [-0.1, -0.05) is 6.07 Å². The number of thiazole rings is 1. The summed E-state index contributed by atoms with van der Waals surface area (Å²) in [4.78, 5) is 20.4. The number of hydrogen-bond donors (Lipinski definition) is 1. The first-order valence-electron chi connectivity index (χ1n) is 7.34. The summed E-state index contributed by atoms with van der Waals surface area (Å²) in [6.07, 6.45) is 6.54. The topological polar surface area (TPSA) is 64.1 Å². The molecular formula is C18H14BrN3O2S. The van der Waals surface area contributed by atoms with Crippen molar-refractivity contribution in [1.82, 2.24) is 9.97 Å². The predicted molar refractivity (Wildman–Crippen MR) is 104 cm³/mol. The van der Waals surface area contributed by atoms with E-state index in [4.69, 9.17) is 4.74 Å². The molecule has 0 aliphatic rings. The van der Waals surface area contributed by atoms with Crippen molar-refractivity contribution in [3.63, 3.8) is 0 Å². The van der Waals surface area contributed by atoms with Gasteiger partial charge in [0.05, 0.1) is 17.3 Å². The second kappa shape index (κ2) is 8.04. The molecule has 0 fully saturated rings. The quantitative estimate of drug-likeness (QED) is 0.616. The van der Waals surface area contributed by atoms with Gasteiger partial charge in [0.2, 0.25) is 5.91 Å². The lowest BCUT2D eigenvalue weighted by Gasteiger charge is -2.04. The zero-order valence-corrected chi connectivity index (χ0v) is 15.7. The first-order valence-corrected chi connectivity index (χ1v) is 9.01. The Morgan fingerprint density at radius 3 is 2.96 bits per heavy atom. The predicted octanol–water partition coefficient (Wildman–Crippen LogP) is 4.63. The number of carbonyl (C=O) groups is 1. The van der Waals surface area contributed by atoms with Crippen LogP contribution in [0, 0.1) is 0 Å². The Hall–Kier alpha value is -2.51. The van der Waals surface area contributed by atoms with Gasteiger partial charge in [0.25, 0.3) is 0 Å². The molecule has 25 heavy (non-hydrogen) atoms. The Kier molecular flexibility index (Phi) is 5.57. The highest BCUT2D eigenvalue weighted by molar-refractivity contribution is 9.10. The van der Waals surface area contributed by atoms with Crippen molar-refractivity contribution in [3.8, 4) is 17.0 Å². The van der Waals surface area contributed by atoms with Crippen molar-refractivity contribution < 1.29 is 9.53 Å². The molecule has 0 saturated carbocycles. The number of carbonyl (C=O) groups excluding carboxylic acids is 1. The molecule has 0 saturated heterocycles. The van der Waals surface area contributed by atoms with E-state index < -0.39 is 0 Å². The van der Waals surface area contributed by atoms with Gasteiger partial charge in [0.1, 0.15) is 5.75 Å². The SMILES string of the molecule is COc1ccc(-c2csc(NC(=O)/C=C/c3cccnc3)n2)cc1Br. The highest BCUT2D eigenvalue weighted by atomic mass is 79.9. The summed E-state index contributed by atoms with van der Waals surface area (Å²) in [5, 5.41) is 5.21. The number of ether oxygens (including phenoxy) is 1. The number of methoxy groups -OCH3 is 1. The Labute approximate surface area is 157 Å². The molecule has 2 heterocycles. The lowest BCUT2D eigenvalue weighted by Crippen LogP contribution is -2.07. The summed E-state index contributed by atoms with van der Waals surface area (Å²) in [7, 11) is 1.62. The van der Waals surface area contributed by atoms with Crippen molar-refractivity contribution in [1.29, 1.82) is 0 Å². The van der Waals surface area contributed by atoms with Crippen LogP contribution in [0.2, 0.25) is 0 Å². The Morgan fingerprint density at radius 2 is 2.24 bits per heavy atom. The number of amides is 1. The van der Waals surface area contributed by atoms with Gasteiger partial charge in [-0.3, -0.25) is 15.1 Å². The van der Waals surface area contributed by atoms with E-state index in [0.717, 1.165) is 27.0 Å². The van der Waals surface area contributed by atoms with Gasteiger partial charge >= 0.3 is 0 Å². The van der Waals surface area contributed by atoms with Crippen LogP contribution >= 0.6 is 27.3 Å². The highest BCUT2D eigenvalue weighted by Crippen LogP contribution is 2.32. The average Bonchev–Trinajstić information content (AvgIpc) is 3.09. The number of nitrogens with zero attached hydrogens (tertiary/aromatic N) is 2. The van der Waals surface area contributed by atoms with Crippen molar-refractivity contribution in [2.45, 2.75) is 0 Å². The van der Waals surface area contributed by atoms with Crippen LogP contribution in [0.25, 0.3) is 17.3 Å². The smallest absolute Gasteiger partial charge is 0.250 e. The van der Waals surface area contributed by atoms with Crippen LogP contribution in [-0.4, -0.2) is 23.0 Å². The minimum Gasteiger partial charge on any atom is -0.496 e. The van der Waals surface area contributed by atoms with Crippen LogP contribution in [0.3, 0.4) is 0 Å². The molecule has 126 valence electrons. The van der Waals surface area contributed by atoms with Crippen LogP contribution in [0.1, 0.15) is 5.56 Å². The van der Waals surface area contributed by atoms with Crippen LogP contribution in [-0.2, 0) is 4.79 Å². The molecular weight excluding hydrogens is 402 g/mol. The molecule has 1 aromatic carbocycles. The fourth-order valence-electron chi connectivity index (χ4n) is 2.08. The molecule has 0 aliphatic heterocycles. The van der Waals surface area contributed by atoms with Crippen molar-refractivity contribution >= 4 is 44.4 Å². The molecule has 0 aliphatic carbocycles. The number of nitrogens with one attached hydrogen (secondary N) is 1. The zero-order valence-electron chi connectivity index (χ0n) is 13.3. The van der Waals surface area contributed by atoms with Gasteiger partial charge in [-0.05, 0) is 51.8 Å². The Balaban J connectivity index is 1.68. The summed E-state index contributed by atoms with van der Waals surface area (Å²) < 4.78 is 6.08. The van der Waals surface area contributed by atoms with Crippen molar-refractivity contribution in [3.05, 3.63) is 64.2 Å². The second-order valence-corrected chi connectivity index (χ2v) is 6.71. The number of rotatable bonds is 5. The fraction of sp³-hybridized carbons (Fsp3) is 0.0556. The third-order valence-corrected chi connectivity index (χ3v) is 4.67. The molecule has 1 amide bonds. The summed E-state index contributed by atoms with van der Waals surface area (Å²) in [6, 6.07) is 9.42. The summed E-state index contributed by atoms with van der Waals surface area (Å²) in [5.41, 5.74) is 2.59. The number of benzene rings is 1. The summed E-state index contributed by atoms with van der Waals surface area (Å²) in [5.74, 6) is 0.522. The normalized spacial score (nSPS) is 10.8. The molecule has 0 bridgehead atoms. The monoisotopic (exact) mass is 415 g/mol. The van der Waals surface area contributed by atoms with E-state index in [1.165, 1.54) is 17.4 Å². The van der Waals surface area contributed by atoms with Gasteiger partial charge in [-0.15, -0.1) is 11.3 Å².